The fraction of sp³-hybridized carbons (Fsp3) is 0.100. The zero-order chi connectivity index (χ0) is 9.42. The van der Waals surface area contributed by atoms with Gasteiger partial charge in [0.15, 0.2) is 0 Å². The molecule has 0 amide bonds. The Morgan fingerprint density at radius 2 is 2.00 bits per heavy atom. The number of aryl methyl sites for hydroxylation is 1. The molecule has 0 saturated heterocycles. The van der Waals surface area contributed by atoms with Crippen LogP contribution < -0.4 is 5.63 Å². The standard InChI is InChI=1S/C10H7ClO2/c1-6-7-4-2-3-5-8(7)13-10(12)9(6)11/h2-5H,1H3. The van der Waals surface area contributed by atoms with Crippen molar-refractivity contribution in [3.8, 4) is 0 Å². The predicted octanol–water partition coefficient (Wildman–Crippen LogP) is 2.75. The summed E-state index contributed by atoms with van der Waals surface area (Å²) in [7, 11) is 0. The molecule has 0 N–H and O–H groups in total. The predicted molar refractivity (Wildman–Crippen MR) is 52.2 cm³/mol. The molecule has 2 aromatic rings. The molecule has 0 fully saturated rings. The van der Waals surface area contributed by atoms with Crippen LogP contribution in [0.3, 0.4) is 0 Å². The maximum absolute atomic E-state index is 11.2. The lowest BCUT2D eigenvalue weighted by atomic mass is 10.1. The molecule has 0 radical (unpaired) electrons. The van der Waals surface area contributed by atoms with E-state index in [0.717, 1.165) is 10.9 Å². The van der Waals surface area contributed by atoms with E-state index in [4.69, 9.17) is 16.0 Å². The molecule has 66 valence electrons. The molecule has 3 heteroatoms. The Balaban J connectivity index is 3.02. The fourth-order valence-electron chi connectivity index (χ4n) is 1.28. The molecule has 0 aliphatic heterocycles. The maximum Gasteiger partial charge on any atom is 0.355 e. The van der Waals surface area contributed by atoms with Crippen LogP contribution in [0.5, 0.6) is 0 Å². The summed E-state index contributed by atoms with van der Waals surface area (Å²) in [4.78, 5) is 11.2. The molecule has 13 heavy (non-hydrogen) atoms. The Kier molecular flexibility index (Phi) is 1.85. The lowest BCUT2D eigenvalue weighted by Gasteiger charge is -2.00. The van der Waals surface area contributed by atoms with Crippen LogP contribution in [0.4, 0.5) is 0 Å². The Bertz CT molecular complexity index is 514. The van der Waals surface area contributed by atoms with Crippen LogP contribution in [-0.4, -0.2) is 0 Å². The number of halogens is 1. The van der Waals surface area contributed by atoms with Crippen molar-refractivity contribution in [2.24, 2.45) is 0 Å². The van der Waals surface area contributed by atoms with Gasteiger partial charge in [0.05, 0.1) is 0 Å². The lowest BCUT2D eigenvalue weighted by Crippen LogP contribution is -2.01. The van der Waals surface area contributed by atoms with Gasteiger partial charge in [-0.05, 0) is 18.6 Å². The maximum atomic E-state index is 11.2. The summed E-state index contributed by atoms with van der Waals surface area (Å²) in [5, 5.41) is 1.05. The second kappa shape index (κ2) is 2.89. The Hall–Kier alpha value is -1.28. The molecule has 0 aliphatic carbocycles. The second-order valence-electron chi connectivity index (χ2n) is 2.82. The molecule has 1 aromatic carbocycles. The topological polar surface area (TPSA) is 30.2 Å². The van der Waals surface area contributed by atoms with Crippen molar-refractivity contribution in [1.82, 2.24) is 0 Å². The Labute approximate surface area is 79.7 Å². The molecule has 2 nitrogen and oxygen atoms in total. The molecule has 0 bridgehead atoms. The first kappa shape index (κ1) is 8.32. The third-order valence-corrected chi connectivity index (χ3v) is 2.44. The number of benzene rings is 1. The third kappa shape index (κ3) is 1.23. The van der Waals surface area contributed by atoms with E-state index in [0.29, 0.717) is 5.58 Å². The molecule has 1 heterocycles. The van der Waals surface area contributed by atoms with Crippen LogP contribution in [0.25, 0.3) is 11.0 Å². The van der Waals surface area contributed by atoms with E-state index in [9.17, 15) is 4.79 Å². The van der Waals surface area contributed by atoms with Crippen LogP contribution in [0.15, 0.2) is 33.5 Å². The normalized spacial score (nSPS) is 10.6. The largest absolute Gasteiger partial charge is 0.422 e. The third-order valence-electron chi connectivity index (χ3n) is 2.00. The van der Waals surface area contributed by atoms with E-state index in [1.54, 1.807) is 6.07 Å². The number of rotatable bonds is 0. The van der Waals surface area contributed by atoms with E-state index in [1.165, 1.54) is 0 Å². The fourth-order valence-corrected chi connectivity index (χ4v) is 1.42. The van der Waals surface area contributed by atoms with Crippen molar-refractivity contribution in [3.05, 3.63) is 45.3 Å². The van der Waals surface area contributed by atoms with Crippen LogP contribution in [0, 0.1) is 6.92 Å². The quantitative estimate of drug-likeness (QED) is 0.604. The first-order valence-electron chi connectivity index (χ1n) is 3.88. The van der Waals surface area contributed by atoms with Gasteiger partial charge < -0.3 is 4.42 Å². The molecule has 2 rings (SSSR count). The molecule has 0 aliphatic rings. The number of hydrogen-bond acceptors (Lipinski definition) is 2. The summed E-state index contributed by atoms with van der Waals surface area (Å²) in [6.45, 7) is 1.81. The molecule has 1 aromatic heterocycles. The van der Waals surface area contributed by atoms with Crippen molar-refractivity contribution in [2.45, 2.75) is 6.92 Å². The van der Waals surface area contributed by atoms with Crippen LogP contribution in [0.1, 0.15) is 5.56 Å². The second-order valence-corrected chi connectivity index (χ2v) is 3.20. The molecular formula is C10H7ClO2. The Morgan fingerprint density at radius 1 is 1.31 bits per heavy atom. The summed E-state index contributed by atoms with van der Waals surface area (Å²) < 4.78 is 4.99. The highest BCUT2D eigenvalue weighted by Gasteiger charge is 2.07. The smallest absolute Gasteiger partial charge is 0.355 e. The monoisotopic (exact) mass is 194 g/mol. The molecular weight excluding hydrogens is 188 g/mol. The van der Waals surface area contributed by atoms with Gasteiger partial charge in [-0.15, -0.1) is 0 Å². The van der Waals surface area contributed by atoms with Crippen LogP contribution in [0.2, 0.25) is 5.02 Å². The van der Waals surface area contributed by atoms with Gasteiger partial charge in [-0.3, -0.25) is 0 Å². The molecule has 0 saturated carbocycles. The average Bonchev–Trinajstić information content (AvgIpc) is 2.15. The van der Waals surface area contributed by atoms with E-state index in [2.05, 4.69) is 0 Å². The lowest BCUT2D eigenvalue weighted by molar-refractivity contribution is 0.560. The van der Waals surface area contributed by atoms with Gasteiger partial charge in [0, 0.05) is 5.39 Å². The SMILES string of the molecule is Cc1c(Cl)c(=O)oc2ccccc12. The summed E-state index contributed by atoms with van der Waals surface area (Å²) in [6, 6.07) is 7.32. The first-order valence-corrected chi connectivity index (χ1v) is 4.26. The molecule has 0 unspecified atom stereocenters. The summed E-state index contributed by atoms with van der Waals surface area (Å²) in [6.07, 6.45) is 0. The van der Waals surface area contributed by atoms with Gasteiger partial charge in [-0.2, -0.15) is 0 Å². The summed E-state index contributed by atoms with van der Waals surface area (Å²) in [5.74, 6) is 0. The van der Waals surface area contributed by atoms with Crippen molar-refractivity contribution < 1.29 is 4.42 Å². The van der Waals surface area contributed by atoms with Crippen molar-refractivity contribution >= 4 is 22.6 Å². The first-order chi connectivity index (χ1) is 6.20. The zero-order valence-corrected chi connectivity index (χ0v) is 7.76. The Morgan fingerprint density at radius 3 is 2.77 bits per heavy atom. The van der Waals surface area contributed by atoms with Gasteiger partial charge in [0.1, 0.15) is 10.6 Å². The minimum absolute atomic E-state index is 0.165. The van der Waals surface area contributed by atoms with E-state index >= 15 is 0 Å². The molecule has 0 atom stereocenters. The van der Waals surface area contributed by atoms with Crippen LogP contribution in [-0.2, 0) is 0 Å². The van der Waals surface area contributed by atoms with Gasteiger partial charge >= 0.3 is 5.63 Å². The average molecular weight is 195 g/mol. The minimum atomic E-state index is -0.474. The van der Waals surface area contributed by atoms with Crippen molar-refractivity contribution in [3.63, 3.8) is 0 Å². The van der Waals surface area contributed by atoms with Crippen molar-refractivity contribution in [2.75, 3.05) is 0 Å². The van der Waals surface area contributed by atoms with E-state index < -0.39 is 5.63 Å². The van der Waals surface area contributed by atoms with Gasteiger partial charge in [-0.25, -0.2) is 4.79 Å². The highest BCUT2D eigenvalue weighted by Crippen LogP contribution is 2.21. The number of para-hydroxylation sites is 1. The number of fused-ring (bicyclic) bond motifs is 1. The zero-order valence-electron chi connectivity index (χ0n) is 7.00. The van der Waals surface area contributed by atoms with Gasteiger partial charge in [0.25, 0.3) is 0 Å². The summed E-state index contributed by atoms with van der Waals surface area (Å²) in [5.41, 5.74) is 0.876. The van der Waals surface area contributed by atoms with Crippen molar-refractivity contribution in [1.29, 1.82) is 0 Å². The van der Waals surface area contributed by atoms with Crippen LogP contribution >= 0.6 is 11.6 Å². The van der Waals surface area contributed by atoms with Gasteiger partial charge in [0.2, 0.25) is 0 Å². The minimum Gasteiger partial charge on any atom is -0.422 e. The van der Waals surface area contributed by atoms with E-state index in [-0.39, 0.29) is 5.02 Å². The summed E-state index contributed by atoms with van der Waals surface area (Å²) >= 11 is 5.75. The van der Waals surface area contributed by atoms with E-state index in [1.807, 2.05) is 25.1 Å². The molecule has 0 spiro atoms. The number of hydrogen-bond donors (Lipinski definition) is 0. The highest BCUT2D eigenvalue weighted by atomic mass is 35.5. The van der Waals surface area contributed by atoms with Gasteiger partial charge in [-0.1, -0.05) is 29.8 Å². The highest BCUT2D eigenvalue weighted by molar-refractivity contribution is 6.31.